The fourth-order valence-electron chi connectivity index (χ4n) is 3.18. The molecule has 7 heteroatoms. The minimum absolute atomic E-state index is 0.162. The van der Waals surface area contributed by atoms with Gasteiger partial charge < -0.3 is 19.8 Å². The van der Waals surface area contributed by atoms with Crippen LogP contribution in [0.15, 0.2) is 71.9 Å². The number of amides is 1. The van der Waals surface area contributed by atoms with Gasteiger partial charge in [-0.25, -0.2) is 4.98 Å². The van der Waals surface area contributed by atoms with Gasteiger partial charge in [0, 0.05) is 23.1 Å². The summed E-state index contributed by atoms with van der Waals surface area (Å²) in [5.74, 6) is 1.79. The van der Waals surface area contributed by atoms with Gasteiger partial charge in [-0.05, 0) is 35.9 Å². The molecule has 2 N–H and O–H groups in total. The lowest BCUT2D eigenvalue weighted by Crippen LogP contribution is -2.14. The average molecular weight is 403 g/mol. The largest absolute Gasteiger partial charge is 0.454 e. The highest BCUT2D eigenvalue weighted by atomic mass is 32.2. The summed E-state index contributed by atoms with van der Waals surface area (Å²) in [7, 11) is 0. The summed E-state index contributed by atoms with van der Waals surface area (Å²) in [6.45, 7) is 0.203. The predicted molar refractivity (Wildman–Crippen MR) is 113 cm³/mol. The summed E-state index contributed by atoms with van der Waals surface area (Å²) in [5.41, 5.74) is 4.18. The van der Waals surface area contributed by atoms with Gasteiger partial charge in [0.25, 0.3) is 5.91 Å². The summed E-state index contributed by atoms with van der Waals surface area (Å²) in [4.78, 5) is 20.8. The molecule has 29 heavy (non-hydrogen) atoms. The molecule has 0 bridgehead atoms. The Morgan fingerprint density at radius 3 is 2.79 bits per heavy atom. The van der Waals surface area contributed by atoms with Crippen molar-refractivity contribution in [3.8, 4) is 11.5 Å². The highest BCUT2D eigenvalue weighted by Crippen LogP contribution is 2.34. The van der Waals surface area contributed by atoms with E-state index in [0.29, 0.717) is 28.5 Å². The molecular formula is C22H17N3O3S. The Kier molecular flexibility index (Phi) is 4.57. The minimum Gasteiger partial charge on any atom is -0.454 e. The first kappa shape index (κ1) is 17.6. The highest BCUT2D eigenvalue weighted by Gasteiger charge is 2.16. The third-order valence-electron chi connectivity index (χ3n) is 4.62. The minimum atomic E-state index is -0.162. The quantitative estimate of drug-likeness (QED) is 0.467. The number of H-pyrrole nitrogens is 1. The molecule has 1 amide bonds. The van der Waals surface area contributed by atoms with E-state index in [0.717, 1.165) is 21.8 Å². The van der Waals surface area contributed by atoms with Crippen molar-refractivity contribution >= 4 is 34.4 Å². The molecule has 4 aromatic rings. The average Bonchev–Trinajstić information content (AvgIpc) is 3.38. The molecule has 144 valence electrons. The van der Waals surface area contributed by atoms with Gasteiger partial charge in [-0.15, -0.1) is 0 Å². The second-order valence-corrected chi connectivity index (χ2v) is 7.49. The molecule has 0 radical (unpaired) electrons. The monoisotopic (exact) mass is 403 g/mol. The normalized spacial score (nSPS) is 12.3. The summed E-state index contributed by atoms with van der Waals surface area (Å²) in [5, 5.41) is 3.77. The fraction of sp³-hybridized carbons (Fsp3) is 0.0909. The van der Waals surface area contributed by atoms with Crippen molar-refractivity contribution < 1.29 is 14.3 Å². The third kappa shape index (κ3) is 3.64. The number of carbonyl (C=O) groups excluding carboxylic acids is 1. The number of thioether (sulfide) groups is 1. The number of benzene rings is 3. The number of hydrogen-bond donors (Lipinski definition) is 2. The number of para-hydroxylation sites is 2. The number of rotatable bonds is 5. The fourth-order valence-corrected chi connectivity index (χ4v) is 4.07. The molecule has 0 aliphatic carbocycles. The Morgan fingerprint density at radius 1 is 1.03 bits per heavy atom. The highest BCUT2D eigenvalue weighted by molar-refractivity contribution is 7.98. The number of imidazole rings is 1. The molecule has 0 unspecified atom stereocenters. The molecule has 1 aliphatic heterocycles. The first-order chi connectivity index (χ1) is 14.3. The van der Waals surface area contributed by atoms with Crippen LogP contribution in [0.4, 0.5) is 5.69 Å². The maximum atomic E-state index is 12.9. The molecule has 5 rings (SSSR count). The Labute approximate surface area is 171 Å². The second-order valence-electron chi connectivity index (χ2n) is 6.53. The van der Waals surface area contributed by atoms with Crippen LogP contribution in [0.3, 0.4) is 0 Å². The van der Waals surface area contributed by atoms with Crippen LogP contribution >= 0.6 is 11.8 Å². The zero-order valence-corrected chi connectivity index (χ0v) is 16.2. The van der Waals surface area contributed by atoms with Gasteiger partial charge in [-0.3, -0.25) is 4.79 Å². The lowest BCUT2D eigenvalue weighted by atomic mass is 10.1. The van der Waals surface area contributed by atoms with Crippen LogP contribution in [0, 0.1) is 0 Å². The van der Waals surface area contributed by atoms with Crippen LogP contribution in [-0.4, -0.2) is 22.7 Å². The van der Waals surface area contributed by atoms with Crippen molar-refractivity contribution in [2.24, 2.45) is 0 Å². The number of carbonyl (C=O) groups is 1. The van der Waals surface area contributed by atoms with E-state index in [9.17, 15) is 4.79 Å². The topological polar surface area (TPSA) is 76.2 Å². The Hall–Kier alpha value is -3.45. The Morgan fingerprint density at radius 2 is 1.86 bits per heavy atom. The summed E-state index contributed by atoms with van der Waals surface area (Å²) < 4.78 is 10.7. The van der Waals surface area contributed by atoms with E-state index in [-0.39, 0.29) is 12.7 Å². The van der Waals surface area contributed by atoms with Gasteiger partial charge in [0.05, 0.1) is 11.0 Å². The molecule has 0 saturated carbocycles. The number of nitrogens with one attached hydrogen (secondary N) is 2. The third-order valence-corrected chi connectivity index (χ3v) is 5.55. The smallest absolute Gasteiger partial charge is 0.255 e. The summed E-state index contributed by atoms with van der Waals surface area (Å²) >= 11 is 1.57. The Bertz CT molecular complexity index is 1170. The number of nitrogens with zero attached hydrogens (tertiary/aromatic N) is 1. The zero-order valence-electron chi connectivity index (χ0n) is 15.3. The van der Waals surface area contributed by atoms with E-state index in [1.807, 2.05) is 48.5 Å². The van der Waals surface area contributed by atoms with Crippen LogP contribution in [0.1, 0.15) is 15.9 Å². The predicted octanol–water partition coefficient (Wildman–Crippen LogP) is 4.84. The van der Waals surface area contributed by atoms with Crippen molar-refractivity contribution in [2.75, 3.05) is 12.1 Å². The van der Waals surface area contributed by atoms with E-state index >= 15 is 0 Å². The van der Waals surface area contributed by atoms with Crippen molar-refractivity contribution in [1.82, 2.24) is 9.97 Å². The van der Waals surface area contributed by atoms with Gasteiger partial charge in [0.15, 0.2) is 16.7 Å². The maximum absolute atomic E-state index is 12.9. The zero-order chi connectivity index (χ0) is 19.6. The lowest BCUT2D eigenvalue weighted by molar-refractivity contribution is 0.102. The molecule has 0 atom stereocenters. The van der Waals surface area contributed by atoms with E-state index in [1.54, 1.807) is 30.0 Å². The van der Waals surface area contributed by atoms with E-state index in [4.69, 9.17) is 9.47 Å². The van der Waals surface area contributed by atoms with Crippen molar-refractivity contribution in [2.45, 2.75) is 10.9 Å². The molecule has 0 saturated heterocycles. The first-order valence-corrected chi connectivity index (χ1v) is 10.1. The van der Waals surface area contributed by atoms with Gasteiger partial charge >= 0.3 is 0 Å². The Balaban J connectivity index is 1.32. The van der Waals surface area contributed by atoms with Crippen LogP contribution in [0.2, 0.25) is 0 Å². The molecule has 2 heterocycles. The molecule has 3 aromatic carbocycles. The summed E-state index contributed by atoms with van der Waals surface area (Å²) in [6.07, 6.45) is 0. The lowest BCUT2D eigenvalue weighted by Gasteiger charge is -2.10. The SMILES string of the molecule is O=C(Nc1ccc2c(c1)OCO2)c1ccccc1CSc1nc2ccccc2[nH]1. The van der Waals surface area contributed by atoms with Gasteiger partial charge in [-0.1, -0.05) is 42.1 Å². The number of hydrogen-bond acceptors (Lipinski definition) is 5. The standard InChI is InChI=1S/C22H17N3O3S/c26-21(23-15-9-10-19-20(11-15)28-13-27-19)16-6-2-1-5-14(16)12-29-22-24-17-7-3-4-8-18(17)25-22/h1-11H,12-13H2,(H,23,26)(H,24,25). The number of anilines is 1. The van der Waals surface area contributed by atoms with Crippen LogP contribution in [0.25, 0.3) is 11.0 Å². The molecular weight excluding hydrogens is 386 g/mol. The molecule has 0 spiro atoms. The van der Waals surface area contributed by atoms with Gasteiger partial charge in [0.2, 0.25) is 6.79 Å². The second kappa shape index (κ2) is 7.52. The molecule has 0 fully saturated rings. The van der Waals surface area contributed by atoms with E-state index in [2.05, 4.69) is 15.3 Å². The summed E-state index contributed by atoms with van der Waals surface area (Å²) in [6, 6.07) is 20.9. The maximum Gasteiger partial charge on any atom is 0.255 e. The molecule has 1 aliphatic rings. The number of aromatic nitrogens is 2. The van der Waals surface area contributed by atoms with E-state index in [1.165, 1.54) is 0 Å². The van der Waals surface area contributed by atoms with Crippen molar-refractivity contribution in [1.29, 1.82) is 0 Å². The molecule has 6 nitrogen and oxygen atoms in total. The van der Waals surface area contributed by atoms with Crippen molar-refractivity contribution in [3.05, 3.63) is 77.9 Å². The van der Waals surface area contributed by atoms with Crippen molar-refractivity contribution in [3.63, 3.8) is 0 Å². The van der Waals surface area contributed by atoms with Gasteiger partial charge in [-0.2, -0.15) is 0 Å². The van der Waals surface area contributed by atoms with Gasteiger partial charge in [0.1, 0.15) is 0 Å². The van der Waals surface area contributed by atoms with Crippen LogP contribution < -0.4 is 14.8 Å². The first-order valence-electron chi connectivity index (χ1n) is 9.13. The molecule has 1 aromatic heterocycles. The van der Waals surface area contributed by atoms with E-state index < -0.39 is 0 Å². The van der Waals surface area contributed by atoms with Crippen LogP contribution in [0.5, 0.6) is 11.5 Å². The number of fused-ring (bicyclic) bond motifs is 2. The van der Waals surface area contributed by atoms with Crippen LogP contribution in [-0.2, 0) is 5.75 Å². The number of aromatic amines is 1. The number of ether oxygens (including phenoxy) is 2.